The highest BCUT2D eigenvalue weighted by atomic mass is 16.3. The van der Waals surface area contributed by atoms with Crippen LogP contribution in [0.4, 0.5) is 0 Å². The summed E-state index contributed by atoms with van der Waals surface area (Å²) in [5, 5.41) is 9.15. The molecule has 3 heteroatoms. The molecule has 2 atom stereocenters. The third-order valence-corrected chi connectivity index (χ3v) is 3.60. The van der Waals surface area contributed by atoms with E-state index in [0.29, 0.717) is 11.8 Å². The van der Waals surface area contributed by atoms with Crippen molar-refractivity contribution in [2.24, 2.45) is 5.92 Å². The number of ketones is 1. The molecule has 1 N–H and O–H groups in total. The van der Waals surface area contributed by atoms with Gasteiger partial charge in [0.15, 0.2) is 0 Å². The van der Waals surface area contributed by atoms with Crippen molar-refractivity contribution >= 4 is 5.78 Å². The Hall–Kier alpha value is -0.410. The maximum absolute atomic E-state index is 11.5. The van der Waals surface area contributed by atoms with Gasteiger partial charge in [0.05, 0.1) is 6.61 Å². The van der Waals surface area contributed by atoms with Crippen LogP contribution in [0.2, 0.25) is 0 Å². The first-order valence-electron chi connectivity index (χ1n) is 5.69. The van der Waals surface area contributed by atoms with Crippen molar-refractivity contribution in [2.45, 2.75) is 38.1 Å². The molecule has 1 saturated heterocycles. The number of rotatable bonds is 3. The predicted octanol–water partition coefficient (Wildman–Crippen LogP) is 0.812. The smallest absolute Gasteiger partial charge is 0.137 e. The number of Topliss-reactive ketones (excluding diaryl/α,β-unsaturated/α-hetero) is 1. The lowest BCUT2D eigenvalue weighted by atomic mass is 10.1. The molecule has 1 unspecified atom stereocenters. The minimum absolute atomic E-state index is 0.251. The molecule has 0 bridgehead atoms. The van der Waals surface area contributed by atoms with E-state index in [-0.39, 0.29) is 12.5 Å². The van der Waals surface area contributed by atoms with Gasteiger partial charge in [0.25, 0.3) is 0 Å². The second-order valence-corrected chi connectivity index (χ2v) is 4.53. The Morgan fingerprint density at radius 3 is 2.86 bits per heavy atom. The first kappa shape index (κ1) is 10.1. The van der Waals surface area contributed by atoms with Gasteiger partial charge in [-0.2, -0.15) is 0 Å². The predicted molar refractivity (Wildman–Crippen MR) is 54.0 cm³/mol. The van der Waals surface area contributed by atoms with Crippen LogP contribution >= 0.6 is 0 Å². The second-order valence-electron chi connectivity index (χ2n) is 4.53. The average molecular weight is 197 g/mol. The molecular formula is C11H19NO2. The minimum atomic E-state index is 0.251. The molecule has 2 fully saturated rings. The fourth-order valence-electron chi connectivity index (χ4n) is 2.71. The lowest BCUT2D eigenvalue weighted by molar-refractivity contribution is -0.121. The van der Waals surface area contributed by atoms with Gasteiger partial charge in [0.2, 0.25) is 0 Å². The molecule has 1 heterocycles. The molecule has 1 aliphatic carbocycles. The highest BCUT2D eigenvalue weighted by Crippen LogP contribution is 2.25. The number of hydrogen-bond acceptors (Lipinski definition) is 3. The summed E-state index contributed by atoms with van der Waals surface area (Å²) in [6, 6.07) is 0.323. The van der Waals surface area contributed by atoms with E-state index in [2.05, 4.69) is 4.90 Å². The lowest BCUT2D eigenvalue weighted by Gasteiger charge is -2.25. The van der Waals surface area contributed by atoms with Gasteiger partial charge in [-0.3, -0.25) is 9.69 Å². The second kappa shape index (κ2) is 4.41. The summed E-state index contributed by atoms with van der Waals surface area (Å²) in [6.45, 7) is 2.21. The molecule has 2 aliphatic rings. The summed E-state index contributed by atoms with van der Waals surface area (Å²) < 4.78 is 0. The number of carbonyl (C=O) groups is 1. The van der Waals surface area contributed by atoms with Crippen LogP contribution < -0.4 is 0 Å². The van der Waals surface area contributed by atoms with Crippen molar-refractivity contribution in [1.82, 2.24) is 4.90 Å². The molecular weight excluding hydrogens is 178 g/mol. The van der Waals surface area contributed by atoms with Crippen LogP contribution in [0.3, 0.4) is 0 Å². The number of aliphatic hydroxyl groups is 1. The number of aliphatic hydroxyl groups excluding tert-OH is 1. The summed E-state index contributed by atoms with van der Waals surface area (Å²) in [6.07, 6.45) is 5.18. The van der Waals surface area contributed by atoms with E-state index >= 15 is 0 Å². The maximum Gasteiger partial charge on any atom is 0.137 e. The highest BCUT2D eigenvalue weighted by Gasteiger charge is 2.31. The molecule has 1 aliphatic heterocycles. The van der Waals surface area contributed by atoms with E-state index in [0.717, 1.165) is 38.8 Å². The molecule has 0 aromatic carbocycles. The SMILES string of the molecule is O=C1CCCC1CN1CCC[C@H]1CO. The van der Waals surface area contributed by atoms with Crippen LogP contribution in [-0.4, -0.2) is 41.5 Å². The summed E-state index contributed by atoms with van der Waals surface area (Å²) in [7, 11) is 0. The molecule has 2 rings (SSSR count). The average Bonchev–Trinajstić information content (AvgIpc) is 2.77. The number of likely N-dealkylation sites (tertiary alicyclic amines) is 1. The molecule has 0 radical (unpaired) electrons. The van der Waals surface area contributed by atoms with Crippen molar-refractivity contribution in [2.75, 3.05) is 19.7 Å². The zero-order valence-electron chi connectivity index (χ0n) is 8.61. The highest BCUT2D eigenvalue weighted by molar-refractivity contribution is 5.83. The quantitative estimate of drug-likeness (QED) is 0.728. The lowest BCUT2D eigenvalue weighted by Crippen LogP contribution is -2.37. The molecule has 80 valence electrons. The van der Waals surface area contributed by atoms with E-state index in [1.807, 2.05) is 0 Å². The third kappa shape index (κ3) is 1.98. The molecule has 0 amide bonds. The van der Waals surface area contributed by atoms with E-state index in [1.54, 1.807) is 0 Å². The first-order valence-corrected chi connectivity index (χ1v) is 5.69. The first-order chi connectivity index (χ1) is 6.81. The summed E-state index contributed by atoms with van der Waals surface area (Å²) in [5.41, 5.74) is 0. The van der Waals surface area contributed by atoms with Crippen molar-refractivity contribution in [1.29, 1.82) is 0 Å². The maximum atomic E-state index is 11.5. The third-order valence-electron chi connectivity index (χ3n) is 3.60. The minimum Gasteiger partial charge on any atom is -0.395 e. The van der Waals surface area contributed by atoms with Gasteiger partial charge in [-0.15, -0.1) is 0 Å². The van der Waals surface area contributed by atoms with Gasteiger partial charge >= 0.3 is 0 Å². The van der Waals surface area contributed by atoms with Crippen LogP contribution in [0.25, 0.3) is 0 Å². The van der Waals surface area contributed by atoms with Crippen molar-refractivity contribution in [3.63, 3.8) is 0 Å². The van der Waals surface area contributed by atoms with E-state index < -0.39 is 0 Å². The van der Waals surface area contributed by atoms with Gasteiger partial charge in [-0.25, -0.2) is 0 Å². The Balaban J connectivity index is 1.86. The van der Waals surface area contributed by atoms with E-state index in [4.69, 9.17) is 5.11 Å². The van der Waals surface area contributed by atoms with Crippen molar-refractivity contribution in [3.8, 4) is 0 Å². The molecule has 0 aromatic rings. The fourth-order valence-corrected chi connectivity index (χ4v) is 2.71. The van der Waals surface area contributed by atoms with Crippen LogP contribution in [0, 0.1) is 5.92 Å². The fraction of sp³-hybridized carbons (Fsp3) is 0.909. The van der Waals surface area contributed by atoms with E-state index in [1.165, 1.54) is 6.42 Å². The Kier molecular flexibility index (Phi) is 3.19. The Morgan fingerprint density at radius 1 is 1.36 bits per heavy atom. The zero-order valence-corrected chi connectivity index (χ0v) is 8.61. The van der Waals surface area contributed by atoms with Gasteiger partial charge in [-0.05, 0) is 32.2 Å². The topological polar surface area (TPSA) is 40.5 Å². The summed E-state index contributed by atoms with van der Waals surface area (Å²) >= 11 is 0. The number of nitrogens with zero attached hydrogens (tertiary/aromatic N) is 1. The summed E-state index contributed by atoms with van der Waals surface area (Å²) in [4.78, 5) is 13.8. The Morgan fingerprint density at radius 2 is 2.21 bits per heavy atom. The summed E-state index contributed by atoms with van der Waals surface area (Å²) in [5.74, 6) is 0.704. The molecule has 3 nitrogen and oxygen atoms in total. The standard InChI is InChI=1S/C11H19NO2/c13-8-10-4-2-6-12(10)7-9-3-1-5-11(9)14/h9-10,13H,1-8H2/t9?,10-/m0/s1. The van der Waals surface area contributed by atoms with Gasteiger partial charge in [0.1, 0.15) is 5.78 Å². The number of hydrogen-bond donors (Lipinski definition) is 1. The number of carbonyl (C=O) groups excluding carboxylic acids is 1. The van der Waals surface area contributed by atoms with Crippen molar-refractivity contribution < 1.29 is 9.90 Å². The van der Waals surface area contributed by atoms with Gasteiger partial charge in [-0.1, -0.05) is 0 Å². The largest absolute Gasteiger partial charge is 0.395 e. The zero-order chi connectivity index (χ0) is 9.97. The molecule has 1 saturated carbocycles. The van der Waals surface area contributed by atoms with Gasteiger partial charge < -0.3 is 5.11 Å². The molecule has 0 spiro atoms. The van der Waals surface area contributed by atoms with Crippen LogP contribution in [-0.2, 0) is 4.79 Å². The van der Waals surface area contributed by atoms with Crippen molar-refractivity contribution in [3.05, 3.63) is 0 Å². The normalized spacial score (nSPS) is 34.2. The van der Waals surface area contributed by atoms with Crippen LogP contribution in [0.5, 0.6) is 0 Å². The van der Waals surface area contributed by atoms with Crippen LogP contribution in [0.15, 0.2) is 0 Å². The molecule has 0 aromatic heterocycles. The monoisotopic (exact) mass is 197 g/mol. The van der Waals surface area contributed by atoms with Crippen LogP contribution in [0.1, 0.15) is 32.1 Å². The van der Waals surface area contributed by atoms with E-state index in [9.17, 15) is 4.79 Å². The Labute approximate surface area is 85.1 Å². The Bertz CT molecular complexity index is 217. The molecule has 14 heavy (non-hydrogen) atoms. The van der Waals surface area contributed by atoms with Gasteiger partial charge in [0, 0.05) is 24.9 Å².